The fourth-order valence-electron chi connectivity index (χ4n) is 3.33. The second kappa shape index (κ2) is 8.17. The van der Waals surface area contributed by atoms with Crippen LogP contribution in [0, 0.1) is 13.8 Å². The molecule has 4 heteroatoms. The number of nitrogens with zero attached hydrogens (tertiary/aromatic N) is 2. The van der Waals surface area contributed by atoms with Gasteiger partial charge in [0.2, 0.25) is 5.91 Å². The Morgan fingerprint density at radius 3 is 2.24 bits per heavy atom. The third kappa shape index (κ3) is 4.60. The molecule has 0 saturated carbocycles. The van der Waals surface area contributed by atoms with Crippen molar-refractivity contribution in [3.8, 4) is 0 Å². The molecular weight excluding hydrogens is 310 g/mol. The number of nitrogens with one attached hydrogen (secondary N) is 1. The largest absolute Gasteiger partial charge is 0.369 e. The maximum absolute atomic E-state index is 12.2. The number of anilines is 1. The average Bonchev–Trinajstić information content (AvgIpc) is 2.62. The van der Waals surface area contributed by atoms with Crippen molar-refractivity contribution in [2.24, 2.45) is 0 Å². The molecular formula is C21H27N3O. The first-order valence-electron chi connectivity index (χ1n) is 8.97. The summed E-state index contributed by atoms with van der Waals surface area (Å²) in [4.78, 5) is 16.9. The van der Waals surface area contributed by atoms with Crippen molar-refractivity contribution in [2.75, 3.05) is 37.6 Å². The van der Waals surface area contributed by atoms with Crippen LogP contribution in [0.2, 0.25) is 0 Å². The smallest absolute Gasteiger partial charge is 0.234 e. The molecule has 1 aliphatic rings. The highest BCUT2D eigenvalue weighted by Crippen LogP contribution is 2.20. The lowest BCUT2D eigenvalue weighted by Crippen LogP contribution is -2.49. The minimum Gasteiger partial charge on any atom is -0.369 e. The molecule has 0 radical (unpaired) electrons. The number of hydrogen-bond acceptors (Lipinski definition) is 3. The Morgan fingerprint density at radius 2 is 1.56 bits per heavy atom. The predicted octanol–water partition coefficient (Wildman–Crippen LogP) is 2.74. The summed E-state index contributed by atoms with van der Waals surface area (Å²) in [5.74, 6) is 0.104. The van der Waals surface area contributed by atoms with E-state index in [2.05, 4.69) is 65.4 Å². The fourth-order valence-corrected chi connectivity index (χ4v) is 3.33. The molecule has 4 nitrogen and oxygen atoms in total. The molecule has 1 heterocycles. The topological polar surface area (TPSA) is 35.6 Å². The SMILES string of the molecule is Cc1ccccc1CNC(=O)CN1CCN(c2ccccc2C)CC1. The Hall–Kier alpha value is -2.33. The van der Waals surface area contributed by atoms with Gasteiger partial charge in [-0.1, -0.05) is 42.5 Å². The van der Waals surface area contributed by atoms with E-state index in [-0.39, 0.29) is 5.91 Å². The van der Waals surface area contributed by atoms with Crippen LogP contribution < -0.4 is 10.2 Å². The summed E-state index contributed by atoms with van der Waals surface area (Å²) in [5, 5.41) is 3.04. The van der Waals surface area contributed by atoms with E-state index in [9.17, 15) is 4.79 Å². The monoisotopic (exact) mass is 337 g/mol. The second-order valence-corrected chi connectivity index (χ2v) is 6.75. The van der Waals surface area contributed by atoms with Crippen LogP contribution in [0.3, 0.4) is 0 Å². The van der Waals surface area contributed by atoms with Crippen molar-refractivity contribution < 1.29 is 4.79 Å². The van der Waals surface area contributed by atoms with Gasteiger partial charge < -0.3 is 10.2 Å². The van der Waals surface area contributed by atoms with Crippen molar-refractivity contribution in [3.05, 3.63) is 65.2 Å². The zero-order valence-corrected chi connectivity index (χ0v) is 15.2. The Balaban J connectivity index is 1.45. The van der Waals surface area contributed by atoms with Gasteiger partial charge in [-0.3, -0.25) is 9.69 Å². The highest BCUT2D eigenvalue weighted by atomic mass is 16.2. The maximum atomic E-state index is 12.2. The number of benzene rings is 2. The van der Waals surface area contributed by atoms with Gasteiger partial charge in [-0.25, -0.2) is 0 Å². The number of rotatable bonds is 5. The molecule has 2 aromatic rings. The quantitative estimate of drug-likeness (QED) is 0.911. The van der Waals surface area contributed by atoms with E-state index >= 15 is 0 Å². The van der Waals surface area contributed by atoms with E-state index < -0.39 is 0 Å². The second-order valence-electron chi connectivity index (χ2n) is 6.75. The molecule has 0 unspecified atom stereocenters. The third-order valence-electron chi connectivity index (χ3n) is 4.93. The Morgan fingerprint density at radius 1 is 0.920 bits per heavy atom. The first kappa shape index (κ1) is 17.5. The third-order valence-corrected chi connectivity index (χ3v) is 4.93. The molecule has 0 aromatic heterocycles. The summed E-state index contributed by atoms with van der Waals surface area (Å²) in [7, 11) is 0. The van der Waals surface area contributed by atoms with Crippen LogP contribution in [-0.2, 0) is 11.3 Å². The normalized spacial score (nSPS) is 15.2. The van der Waals surface area contributed by atoms with E-state index in [0.717, 1.165) is 26.2 Å². The highest BCUT2D eigenvalue weighted by Gasteiger charge is 2.19. The molecule has 1 saturated heterocycles. The standard InChI is InChI=1S/C21H27N3O/c1-17-7-3-5-9-19(17)15-22-21(25)16-23-11-13-24(14-12-23)20-10-6-4-8-18(20)2/h3-10H,11-16H2,1-2H3,(H,22,25). The number of aryl methyl sites for hydroxylation is 2. The van der Waals surface area contributed by atoms with Gasteiger partial charge in [0, 0.05) is 38.4 Å². The van der Waals surface area contributed by atoms with E-state index in [4.69, 9.17) is 0 Å². The van der Waals surface area contributed by atoms with Crippen molar-refractivity contribution in [1.29, 1.82) is 0 Å². The van der Waals surface area contributed by atoms with Crippen LogP contribution in [0.1, 0.15) is 16.7 Å². The van der Waals surface area contributed by atoms with Crippen LogP contribution >= 0.6 is 0 Å². The highest BCUT2D eigenvalue weighted by molar-refractivity contribution is 5.78. The first-order valence-corrected chi connectivity index (χ1v) is 8.97. The van der Waals surface area contributed by atoms with Gasteiger partial charge in [0.25, 0.3) is 0 Å². The summed E-state index contributed by atoms with van der Waals surface area (Å²) in [5.41, 5.74) is 5.02. The van der Waals surface area contributed by atoms with Gasteiger partial charge >= 0.3 is 0 Å². The van der Waals surface area contributed by atoms with Gasteiger partial charge in [0.15, 0.2) is 0 Å². The molecule has 1 fully saturated rings. The van der Waals surface area contributed by atoms with Crippen molar-refractivity contribution in [3.63, 3.8) is 0 Å². The minimum atomic E-state index is 0.104. The van der Waals surface area contributed by atoms with Crippen LogP contribution in [0.5, 0.6) is 0 Å². The van der Waals surface area contributed by atoms with E-state index in [1.165, 1.54) is 22.4 Å². The number of hydrogen-bond donors (Lipinski definition) is 1. The minimum absolute atomic E-state index is 0.104. The molecule has 0 bridgehead atoms. The maximum Gasteiger partial charge on any atom is 0.234 e. The molecule has 25 heavy (non-hydrogen) atoms. The number of amides is 1. The molecule has 1 amide bonds. The van der Waals surface area contributed by atoms with Gasteiger partial charge in [0.1, 0.15) is 0 Å². The van der Waals surface area contributed by atoms with Gasteiger partial charge in [-0.15, -0.1) is 0 Å². The lowest BCUT2D eigenvalue weighted by atomic mass is 10.1. The summed E-state index contributed by atoms with van der Waals surface area (Å²) in [6, 6.07) is 16.7. The lowest BCUT2D eigenvalue weighted by molar-refractivity contribution is -0.122. The van der Waals surface area contributed by atoms with E-state index in [0.29, 0.717) is 13.1 Å². The average molecular weight is 337 g/mol. The summed E-state index contributed by atoms with van der Waals surface area (Å²) in [6.45, 7) is 9.10. The molecule has 1 aliphatic heterocycles. The summed E-state index contributed by atoms with van der Waals surface area (Å²) >= 11 is 0. The Labute approximate surface area is 150 Å². The Bertz CT molecular complexity index is 721. The summed E-state index contributed by atoms with van der Waals surface area (Å²) < 4.78 is 0. The Kier molecular flexibility index (Phi) is 5.71. The van der Waals surface area contributed by atoms with Gasteiger partial charge in [0.05, 0.1) is 6.54 Å². The molecule has 3 rings (SSSR count). The van der Waals surface area contributed by atoms with E-state index in [1.54, 1.807) is 0 Å². The summed E-state index contributed by atoms with van der Waals surface area (Å²) in [6.07, 6.45) is 0. The zero-order valence-electron chi connectivity index (χ0n) is 15.2. The molecule has 0 atom stereocenters. The van der Waals surface area contributed by atoms with E-state index in [1.807, 2.05) is 12.1 Å². The molecule has 0 spiro atoms. The number of carbonyl (C=O) groups is 1. The number of piperazine rings is 1. The molecule has 0 aliphatic carbocycles. The van der Waals surface area contributed by atoms with Crippen molar-refractivity contribution in [2.45, 2.75) is 20.4 Å². The van der Waals surface area contributed by atoms with Crippen molar-refractivity contribution >= 4 is 11.6 Å². The number of carbonyl (C=O) groups excluding carboxylic acids is 1. The van der Waals surface area contributed by atoms with Crippen LogP contribution in [0.15, 0.2) is 48.5 Å². The molecule has 132 valence electrons. The molecule has 1 N–H and O–H groups in total. The zero-order chi connectivity index (χ0) is 17.6. The lowest BCUT2D eigenvalue weighted by Gasteiger charge is -2.36. The molecule has 2 aromatic carbocycles. The van der Waals surface area contributed by atoms with Gasteiger partial charge in [-0.2, -0.15) is 0 Å². The van der Waals surface area contributed by atoms with Crippen LogP contribution in [0.4, 0.5) is 5.69 Å². The number of para-hydroxylation sites is 1. The van der Waals surface area contributed by atoms with Crippen LogP contribution in [0.25, 0.3) is 0 Å². The van der Waals surface area contributed by atoms with Gasteiger partial charge in [-0.05, 0) is 36.6 Å². The van der Waals surface area contributed by atoms with Crippen molar-refractivity contribution in [1.82, 2.24) is 10.2 Å². The fraction of sp³-hybridized carbons (Fsp3) is 0.381. The van der Waals surface area contributed by atoms with Crippen LogP contribution in [-0.4, -0.2) is 43.5 Å². The predicted molar refractivity (Wildman–Crippen MR) is 103 cm³/mol. The first-order chi connectivity index (χ1) is 12.1.